The minimum atomic E-state index is -0.528. The molecule has 0 unspecified atom stereocenters. The zero-order chi connectivity index (χ0) is 20.5. The first-order chi connectivity index (χ1) is 13.4. The number of nitrogens with zero attached hydrogens (tertiary/aromatic N) is 1. The smallest absolute Gasteiger partial charge is 0.242 e. The second-order valence-corrected chi connectivity index (χ2v) is 8.98. The van der Waals surface area contributed by atoms with Crippen molar-refractivity contribution in [2.75, 3.05) is 5.75 Å². The van der Waals surface area contributed by atoms with Gasteiger partial charge in [0.2, 0.25) is 11.8 Å². The second-order valence-electron chi connectivity index (χ2n) is 6.90. The van der Waals surface area contributed by atoms with Gasteiger partial charge in [-0.2, -0.15) is 0 Å². The molecule has 0 spiro atoms. The minimum Gasteiger partial charge on any atom is -0.352 e. The summed E-state index contributed by atoms with van der Waals surface area (Å²) in [6, 6.07) is 17.4. The summed E-state index contributed by atoms with van der Waals surface area (Å²) in [5.74, 6) is 0.534. The lowest BCUT2D eigenvalue weighted by Crippen LogP contribution is -2.49. The van der Waals surface area contributed by atoms with Crippen LogP contribution in [0.2, 0.25) is 0 Å². The number of carbonyl (C=O) groups excluding carboxylic acids is 2. The molecular formula is C22H27BrN2O2S. The van der Waals surface area contributed by atoms with E-state index in [0.717, 1.165) is 14.9 Å². The fourth-order valence-electron chi connectivity index (χ4n) is 2.69. The highest BCUT2D eigenvalue weighted by Gasteiger charge is 2.26. The molecule has 150 valence electrons. The minimum absolute atomic E-state index is 0.0160. The van der Waals surface area contributed by atoms with Crippen molar-refractivity contribution >= 4 is 39.5 Å². The largest absolute Gasteiger partial charge is 0.352 e. The van der Waals surface area contributed by atoms with Gasteiger partial charge in [0.05, 0.1) is 0 Å². The third-order valence-corrected chi connectivity index (χ3v) is 5.73. The van der Waals surface area contributed by atoms with Gasteiger partial charge >= 0.3 is 0 Å². The fourth-order valence-corrected chi connectivity index (χ4v) is 3.82. The summed E-state index contributed by atoms with van der Waals surface area (Å²) in [7, 11) is 0. The van der Waals surface area contributed by atoms with Crippen LogP contribution in [0.25, 0.3) is 0 Å². The lowest BCUT2D eigenvalue weighted by Gasteiger charge is -2.29. The molecule has 4 nitrogen and oxygen atoms in total. The van der Waals surface area contributed by atoms with Crippen molar-refractivity contribution in [3.8, 4) is 0 Å². The van der Waals surface area contributed by atoms with Crippen molar-refractivity contribution in [1.29, 1.82) is 0 Å². The summed E-state index contributed by atoms with van der Waals surface area (Å²) in [4.78, 5) is 28.3. The van der Waals surface area contributed by atoms with Crippen LogP contribution in [-0.4, -0.2) is 34.6 Å². The van der Waals surface area contributed by atoms with Gasteiger partial charge in [-0.3, -0.25) is 9.59 Å². The number of rotatable bonds is 9. The molecule has 0 radical (unpaired) electrons. The summed E-state index contributed by atoms with van der Waals surface area (Å²) < 4.78 is 0.985. The Morgan fingerprint density at radius 2 is 1.68 bits per heavy atom. The molecule has 0 aliphatic heterocycles. The highest BCUT2D eigenvalue weighted by atomic mass is 79.9. The highest BCUT2D eigenvalue weighted by Crippen LogP contribution is 2.20. The van der Waals surface area contributed by atoms with Crippen LogP contribution in [0.3, 0.4) is 0 Å². The second kappa shape index (κ2) is 11.3. The molecule has 0 aliphatic rings. The normalized spacial score (nSPS) is 11.9. The molecule has 0 saturated heterocycles. The van der Waals surface area contributed by atoms with Crippen LogP contribution < -0.4 is 5.32 Å². The Morgan fingerprint density at radius 3 is 2.29 bits per heavy atom. The Labute approximate surface area is 180 Å². The lowest BCUT2D eigenvalue weighted by molar-refractivity contribution is -0.140. The number of nitrogens with one attached hydrogen (secondary N) is 1. The number of benzene rings is 2. The van der Waals surface area contributed by atoms with Crippen molar-refractivity contribution in [1.82, 2.24) is 10.2 Å². The molecule has 2 aromatic rings. The first-order valence-corrected chi connectivity index (χ1v) is 11.2. The molecule has 1 atom stereocenters. The summed E-state index contributed by atoms with van der Waals surface area (Å²) in [6.45, 7) is 6.04. The first kappa shape index (κ1) is 22.5. The predicted molar refractivity (Wildman–Crippen MR) is 119 cm³/mol. The van der Waals surface area contributed by atoms with E-state index in [1.165, 1.54) is 0 Å². The zero-order valence-electron chi connectivity index (χ0n) is 16.5. The van der Waals surface area contributed by atoms with Crippen molar-refractivity contribution < 1.29 is 9.59 Å². The third-order valence-electron chi connectivity index (χ3n) is 4.19. The Bertz CT molecular complexity index is 766. The van der Waals surface area contributed by atoms with Gasteiger partial charge < -0.3 is 10.2 Å². The monoisotopic (exact) mass is 462 g/mol. The molecule has 0 aromatic heterocycles. The number of amides is 2. The zero-order valence-corrected chi connectivity index (χ0v) is 18.9. The van der Waals surface area contributed by atoms with Crippen molar-refractivity contribution in [2.24, 2.45) is 0 Å². The van der Waals surface area contributed by atoms with Gasteiger partial charge in [-0.05, 0) is 50.6 Å². The number of thioether (sulfide) groups is 1. The average Bonchev–Trinajstić information content (AvgIpc) is 2.67. The Morgan fingerprint density at radius 1 is 1.04 bits per heavy atom. The van der Waals surface area contributed by atoms with Crippen LogP contribution in [0.5, 0.6) is 0 Å². The summed E-state index contributed by atoms with van der Waals surface area (Å²) in [5.41, 5.74) is 0.997. The van der Waals surface area contributed by atoms with E-state index < -0.39 is 6.04 Å². The van der Waals surface area contributed by atoms with E-state index >= 15 is 0 Å². The van der Waals surface area contributed by atoms with Crippen LogP contribution in [-0.2, 0) is 16.1 Å². The fraction of sp³-hybridized carbons (Fsp3) is 0.364. The van der Waals surface area contributed by atoms with Gasteiger partial charge in [0.1, 0.15) is 6.04 Å². The molecule has 0 heterocycles. The van der Waals surface area contributed by atoms with Gasteiger partial charge in [0.15, 0.2) is 0 Å². The number of carbonyl (C=O) groups is 2. The van der Waals surface area contributed by atoms with Crippen LogP contribution >= 0.6 is 27.7 Å². The molecule has 0 aliphatic carbocycles. The first-order valence-electron chi connectivity index (χ1n) is 9.39. The SMILES string of the molecule is CC(C)NC(=O)[C@@H](C)N(Cc1ccc(Br)cc1)C(=O)CCSc1ccccc1. The van der Waals surface area contributed by atoms with Gasteiger partial charge in [-0.1, -0.05) is 46.3 Å². The average molecular weight is 463 g/mol. The van der Waals surface area contributed by atoms with Crippen molar-refractivity contribution in [2.45, 2.75) is 50.7 Å². The number of halogens is 1. The van der Waals surface area contributed by atoms with Crippen LogP contribution in [0, 0.1) is 0 Å². The maximum absolute atomic E-state index is 13.0. The molecule has 1 N–H and O–H groups in total. The maximum atomic E-state index is 13.0. The van der Waals surface area contributed by atoms with Gasteiger partial charge in [-0.25, -0.2) is 0 Å². The molecule has 2 rings (SSSR count). The summed E-state index contributed by atoms with van der Waals surface area (Å²) >= 11 is 5.08. The van der Waals surface area contributed by atoms with Gasteiger partial charge in [-0.15, -0.1) is 11.8 Å². The molecular weight excluding hydrogens is 436 g/mol. The van der Waals surface area contributed by atoms with Crippen molar-refractivity contribution in [3.05, 3.63) is 64.6 Å². The Kier molecular flexibility index (Phi) is 9.06. The molecule has 2 aromatic carbocycles. The molecule has 0 saturated carbocycles. The Balaban J connectivity index is 2.05. The van der Waals surface area contributed by atoms with E-state index in [9.17, 15) is 9.59 Å². The molecule has 28 heavy (non-hydrogen) atoms. The van der Waals surface area contributed by atoms with E-state index in [0.29, 0.717) is 18.7 Å². The van der Waals surface area contributed by atoms with Crippen molar-refractivity contribution in [3.63, 3.8) is 0 Å². The van der Waals surface area contributed by atoms with Crippen LogP contribution in [0.1, 0.15) is 32.8 Å². The maximum Gasteiger partial charge on any atom is 0.242 e. The van der Waals surface area contributed by atoms with E-state index in [4.69, 9.17) is 0 Å². The van der Waals surface area contributed by atoms with Gasteiger partial charge in [0, 0.05) is 34.1 Å². The quantitative estimate of drug-likeness (QED) is 0.540. The van der Waals surface area contributed by atoms with E-state index in [2.05, 4.69) is 21.2 Å². The van der Waals surface area contributed by atoms with E-state index in [1.807, 2.05) is 68.4 Å². The summed E-state index contributed by atoms with van der Waals surface area (Å²) in [5, 5.41) is 2.91. The topological polar surface area (TPSA) is 49.4 Å². The number of hydrogen-bond acceptors (Lipinski definition) is 3. The molecule has 0 bridgehead atoms. The molecule has 0 fully saturated rings. The lowest BCUT2D eigenvalue weighted by atomic mass is 10.1. The van der Waals surface area contributed by atoms with E-state index in [1.54, 1.807) is 23.6 Å². The number of hydrogen-bond donors (Lipinski definition) is 1. The predicted octanol–water partition coefficient (Wildman–Crippen LogP) is 4.87. The van der Waals surface area contributed by atoms with Crippen LogP contribution in [0.4, 0.5) is 0 Å². The standard InChI is InChI=1S/C22H27BrN2O2S/c1-16(2)24-22(27)17(3)25(15-18-9-11-19(23)12-10-18)21(26)13-14-28-20-7-5-4-6-8-20/h4-12,16-17H,13-15H2,1-3H3,(H,24,27)/t17-/m1/s1. The molecule has 2 amide bonds. The van der Waals surface area contributed by atoms with Gasteiger partial charge in [0.25, 0.3) is 0 Å². The van der Waals surface area contributed by atoms with Crippen LogP contribution in [0.15, 0.2) is 64.0 Å². The molecule has 6 heteroatoms. The Hall–Kier alpha value is -1.79. The summed E-state index contributed by atoms with van der Waals surface area (Å²) in [6.07, 6.45) is 0.384. The highest BCUT2D eigenvalue weighted by molar-refractivity contribution is 9.10. The third kappa shape index (κ3) is 7.32. The van der Waals surface area contributed by atoms with E-state index in [-0.39, 0.29) is 17.9 Å².